The third-order valence-corrected chi connectivity index (χ3v) is 4.52. The minimum absolute atomic E-state index is 0.588. The second kappa shape index (κ2) is 6.16. The summed E-state index contributed by atoms with van der Waals surface area (Å²) in [6.07, 6.45) is 0.728. The van der Waals surface area contributed by atoms with Gasteiger partial charge in [0.1, 0.15) is 0 Å². The first-order chi connectivity index (χ1) is 8.66. The lowest BCUT2D eigenvalue weighted by atomic mass is 10.1. The SMILES string of the molecule is Nc1ccccc1CCS(=O)c1cccc(Br)c1. The van der Waals surface area contributed by atoms with Crippen molar-refractivity contribution in [2.75, 3.05) is 11.5 Å². The highest BCUT2D eigenvalue weighted by Gasteiger charge is 2.06. The Labute approximate surface area is 118 Å². The van der Waals surface area contributed by atoms with Crippen molar-refractivity contribution in [3.63, 3.8) is 0 Å². The molecule has 4 heteroatoms. The van der Waals surface area contributed by atoms with Gasteiger partial charge >= 0.3 is 0 Å². The summed E-state index contributed by atoms with van der Waals surface area (Å²) in [6, 6.07) is 15.3. The highest BCUT2D eigenvalue weighted by molar-refractivity contribution is 9.10. The van der Waals surface area contributed by atoms with Crippen LogP contribution in [0, 0.1) is 0 Å². The number of nitrogen functional groups attached to an aromatic ring is 1. The Morgan fingerprint density at radius 3 is 2.61 bits per heavy atom. The van der Waals surface area contributed by atoms with E-state index in [0.29, 0.717) is 5.75 Å². The summed E-state index contributed by atoms with van der Waals surface area (Å²) in [7, 11) is -0.988. The van der Waals surface area contributed by atoms with Gasteiger partial charge < -0.3 is 5.73 Å². The molecule has 0 aliphatic carbocycles. The van der Waals surface area contributed by atoms with Crippen LogP contribution in [0.5, 0.6) is 0 Å². The van der Waals surface area contributed by atoms with E-state index in [9.17, 15) is 4.21 Å². The number of para-hydroxylation sites is 1. The van der Waals surface area contributed by atoms with Crippen LogP contribution in [0.4, 0.5) is 5.69 Å². The van der Waals surface area contributed by atoms with E-state index < -0.39 is 10.8 Å². The maximum absolute atomic E-state index is 12.1. The number of hydrogen-bond acceptors (Lipinski definition) is 2. The number of rotatable bonds is 4. The third-order valence-electron chi connectivity index (χ3n) is 2.67. The van der Waals surface area contributed by atoms with Crippen molar-refractivity contribution in [2.24, 2.45) is 0 Å². The van der Waals surface area contributed by atoms with Crippen LogP contribution in [0.2, 0.25) is 0 Å². The summed E-state index contributed by atoms with van der Waals surface area (Å²) >= 11 is 3.38. The summed E-state index contributed by atoms with van der Waals surface area (Å²) in [5.41, 5.74) is 7.69. The zero-order chi connectivity index (χ0) is 13.0. The van der Waals surface area contributed by atoms with E-state index in [1.54, 1.807) is 0 Å². The normalized spacial score (nSPS) is 12.3. The van der Waals surface area contributed by atoms with Gasteiger partial charge in [0.15, 0.2) is 0 Å². The average molecular weight is 324 g/mol. The summed E-state index contributed by atoms with van der Waals surface area (Å²) in [6.45, 7) is 0. The molecule has 2 aromatic carbocycles. The van der Waals surface area contributed by atoms with Crippen LogP contribution in [0.1, 0.15) is 5.56 Å². The predicted molar refractivity (Wildman–Crippen MR) is 80.0 cm³/mol. The van der Waals surface area contributed by atoms with E-state index in [0.717, 1.165) is 27.0 Å². The van der Waals surface area contributed by atoms with Crippen molar-refractivity contribution < 1.29 is 4.21 Å². The Bertz CT molecular complexity index is 571. The van der Waals surface area contributed by atoms with E-state index in [1.165, 1.54) is 0 Å². The Morgan fingerprint density at radius 1 is 1.11 bits per heavy atom. The van der Waals surface area contributed by atoms with Gasteiger partial charge in [0.25, 0.3) is 0 Å². The van der Waals surface area contributed by atoms with Crippen LogP contribution in [-0.4, -0.2) is 9.96 Å². The second-order valence-corrected chi connectivity index (χ2v) is 6.44. The van der Waals surface area contributed by atoms with E-state index in [-0.39, 0.29) is 0 Å². The quantitative estimate of drug-likeness (QED) is 0.876. The van der Waals surface area contributed by atoms with Crippen LogP contribution in [0.3, 0.4) is 0 Å². The van der Waals surface area contributed by atoms with Crippen molar-refractivity contribution in [3.05, 3.63) is 58.6 Å². The van der Waals surface area contributed by atoms with Gasteiger partial charge in [-0.15, -0.1) is 0 Å². The fourth-order valence-corrected chi connectivity index (χ4v) is 3.37. The molecule has 18 heavy (non-hydrogen) atoms. The highest BCUT2D eigenvalue weighted by atomic mass is 79.9. The molecule has 0 fully saturated rings. The minimum Gasteiger partial charge on any atom is -0.399 e. The number of benzene rings is 2. The molecular weight excluding hydrogens is 310 g/mol. The fraction of sp³-hybridized carbons (Fsp3) is 0.143. The Balaban J connectivity index is 2.03. The van der Waals surface area contributed by atoms with Crippen LogP contribution < -0.4 is 5.73 Å². The molecule has 2 N–H and O–H groups in total. The summed E-state index contributed by atoms with van der Waals surface area (Å²) in [5, 5.41) is 0. The Hall–Kier alpha value is -1.13. The van der Waals surface area contributed by atoms with Gasteiger partial charge in [-0.05, 0) is 36.2 Å². The van der Waals surface area contributed by atoms with Crippen LogP contribution in [0.25, 0.3) is 0 Å². The molecule has 2 rings (SSSR count). The van der Waals surface area contributed by atoms with Gasteiger partial charge in [-0.1, -0.05) is 40.2 Å². The summed E-state index contributed by atoms with van der Waals surface area (Å²) < 4.78 is 13.1. The molecule has 2 nitrogen and oxygen atoms in total. The van der Waals surface area contributed by atoms with E-state index in [1.807, 2.05) is 48.5 Å². The molecule has 0 spiro atoms. The number of hydrogen-bond donors (Lipinski definition) is 1. The van der Waals surface area contributed by atoms with Crippen molar-refractivity contribution >= 4 is 32.4 Å². The molecule has 0 amide bonds. The first-order valence-electron chi connectivity index (χ1n) is 5.64. The van der Waals surface area contributed by atoms with E-state index in [2.05, 4.69) is 15.9 Å². The van der Waals surface area contributed by atoms with Crippen LogP contribution in [-0.2, 0) is 17.2 Å². The van der Waals surface area contributed by atoms with Gasteiger partial charge in [0.2, 0.25) is 0 Å². The largest absolute Gasteiger partial charge is 0.399 e. The monoisotopic (exact) mass is 323 g/mol. The van der Waals surface area contributed by atoms with Crippen molar-refractivity contribution in [1.82, 2.24) is 0 Å². The number of halogens is 1. The van der Waals surface area contributed by atoms with Crippen molar-refractivity contribution in [1.29, 1.82) is 0 Å². The molecule has 0 aliphatic heterocycles. The molecule has 0 aromatic heterocycles. The van der Waals surface area contributed by atoms with Gasteiger partial charge in [0.05, 0.1) is 10.8 Å². The number of anilines is 1. The van der Waals surface area contributed by atoms with Crippen molar-refractivity contribution in [2.45, 2.75) is 11.3 Å². The third kappa shape index (κ3) is 3.43. The standard InChI is InChI=1S/C14H14BrNOS/c15-12-5-3-6-13(10-12)18(17)9-8-11-4-1-2-7-14(11)16/h1-7,10H,8-9,16H2. The average Bonchev–Trinajstić information content (AvgIpc) is 2.37. The second-order valence-electron chi connectivity index (χ2n) is 3.96. The fourth-order valence-electron chi connectivity index (χ4n) is 1.69. The lowest BCUT2D eigenvalue weighted by Crippen LogP contribution is -2.03. The predicted octanol–water partition coefficient (Wildman–Crippen LogP) is 3.38. The Morgan fingerprint density at radius 2 is 1.89 bits per heavy atom. The maximum atomic E-state index is 12.1. The minimum atomic E-state index is -0.988. The van der Waals surface area contributed by atoms with E-state index in [4.69, 9.17) is 5.73 Å². The summed E-state index contributed by atoms with van der Waals surface area (Å²) in [4.78, 5) is 0.846. The first-order valence-corrected chi connectivity index (χ1v) is 7.75. The lowest BCUT2D eigenvalue weighted by molar-refractivity contribution is 0.682. The highest BCUT2D eigenvalue weighted by Crippen LogP contribution is 2.17. The van der Waals surface area contributed by atoms with Crippen molar-refractivity contribution in [3.8, 4) is 0 Å². The summed E-state index contributed by atoms with van der Waals surface area (Å²) in [5.74, 6) is 0.588. The molecule has 0 saturated heterocycles. The smallest absolute Gasteiger partial charge is 0.0533 e. The van der Waals surface area contributed by atoms with Gasteiger partial charge in [-0.2, -0.15) is 0 Å². The molecule has 0 bridgehead atoms. The zero-order valence-corrected chi connectivity index (χ0v) is 12.2. The van der Waals surface area contributed by atoms with Gasteiger partial charge in [-0.25, -0.2) is 0 Å². The van der Waals surface area contributed by atoms with E-state index >= 15 is 0 Å². The molecule has 1 atom stereocenters. The molecular formula is C14H14BrNOS. The Kier molecular flexibility index (Phi) is 4.55. The molecule has 1 unspecified atom stereocenters. The van der Waals surface area contributed by atoms with Gasteiger partial charge in [-0.3, -0.25) is 4.21 Å². The topological polar surface area (TPSA) is 43.1 Å². The maximum Gasteiger partial charge on any atom is 0.0533 e. The van der Waals surface area contributed by atoms with Crippen LogP contribution in [0.15, 0.2) is 57.9 Å². The van der Waals surface area contributed by atoms with Crippen LogP contribution >= 0.6 is 15.9 Å². The molecule has 0 heterocycles. The zero-order valence-electron chi connectivity index (χ0n) is 9.80. The first kappa shape index (κ1) is 13.3. The number of aryl methyl sites for hydroxylation is 1. The van der Waals surface area contributed by atoms with Gasteiger partial charge in [0, 0.05) is 20.8 Å². The molecule has 2 aromatic rings. The number of nitrogens with two attached hydrogens (primary N) is 1. The molecule has 0 aliphatic rings. The molecule has 0 radical (unpaired) electrons. The molecule has 0 saturated carbocycles. The molecule has 94 valence electrons. The lowest BCUT2D eigenvalue weighted by Gasteiger charge is -2.05.